The van der Waals surface area contributed by atoms with Gasteiger partial charge < -0.3 is 5.32 Å². The molecule has 116 valence electrons. The molecule has 1 atom stereocenters. The van der Waals surface area contributed by atoms with Gasteiger partial charge in [0.15, 0.2) is 0 Å². The highest BCUT2D eigenvalue weighted by Crippen LogP contribution is 2.23. The molecule has 1 amide bonds. The number of carbonyl (C=O) groups excluding carboxylic acids is 1. The monoisotopic (exact) mass is 330 g/mol. The van der Waals surface area contributed by atoms with Crippen LogP contribution in [-0.2, 0) is 14.8 Å². The molecule has 0 radical (unpaired) electrons. The van der Waals surface area contributed by atoms with Crippen LogP contribution in [0.4, 0.5) is 5.69 Å². The van der Waals surface area contributed by atoms with Crippen molar-refractivity contribution >= 4 is 33.2 Å². The first kappa shape index (κ1) is 16.3. The number of rotatable bonds is 5. The van der Waals surface area contributed by atoms with E-state index in [0.717, 1.165) is 0 Å². The van der Waals surface area contributed by atoms with Gasteiger partial charge in [0, 0.05) is 17.3 Å². The fourth-order valence-corrected chi connectivity index (χ4v) is 4.34. The second-order valence-electron chi connectivity index (χ2n) is 5.08. The largest absolute Gasteiger partial charge is 0.325 e. The van der Waals surface area contributed by atoms with E-state index in [1.54, 1.807) is 24.3 Å². The first-order valence-corrected chi connectivity index (χ1v) is 8.98. The molecule has 1 aliphatic heterocycles. The third-order valence-electron chi connectivity index (χ3n) is 3.44. The summed E-state index contributed by atoms with van der Waals surface area (Å²) in [6.45, 7) is 2.23. The minimum absolute atomic E-state index is 0.0811. The van der Waals surface area contributed by atoms with Crippen molar-refractivity contribution in [1.29, 1.82) is 0 Å². The Kier molecular flexibility index (Phi) is 5.24. The van der Waals surface area contributed by atoms with Crippen LogP contribution in [0.2, 0.25) is 5.02 Å². The number of hydrogen-bond donors (Lipinski definition) is 1. The Morgan fingerprint density at radius 3 is 2.67 bits per heavy atom. The minimum Gasteiger partial charge on any atom is -0.325 e. The number of amides is 1. The Morgan fingerprint density at radius 1 is 1.38 bits per heavy atom. The van der Waals surface area contributed by atoms with E-state index >= 15 is 0 Å². The lowest BCUT2D eigenvalue weighted by atomic mass is 10.2. The summed E-state index contributed by atoms with van der Waals surface area (Å²) in [5.41, 5.74) is 0.615. The number of sulfonamides is 1. The molecule has 1 unspecified atom stereocenters. The summed E-state index contributed by atoms with van der Waals surface area (Å²) in [6, 6.07) is 6.13. The summed E-state index contributed by atoms with van der Waals surface area (Å²) in [7, 11) is -3.35. The molecule has 1 N–H and O–H groups in total. The number of anilines is 1. The molecule has 5 nitrogen and oxygen atoms in total. The maximum Gasteiger partial charge on any atom is 0.242 e. The van der Waals surface area contributed by atoms with Crippen LogP contribution in [0.5, 0.6) is 0 Å². The maximum absolute atomic E-state index is 12.3. The zero-order valence-electron chi connectivity index (χ0n) is 11.9. The molecule has 2 rings (SSSR count). The fraction of sp³-hybridized carbons (Fsp3) is 0.500. The van der Waals surface area contributed by atoms with Gasteiger partial charge in [-0.25, -0.2) is 8.42 Å². The van der Waals surface area contributed by atoms with Crippen LogP contribution in [-0.4, -0.2) is 37.0 Å². The molecule has 1 aromatic rings. The fourth-order valence-electron chi connectivity index (χ4n) is 2.47. The third kappa shape index (κ3) is 3.96. The van der Waals surface area contributed by atoms with Crippen molar-refractivity contribution in [2.45, 2.75) is 32.2 Å². The van der Waals surface area contributed by atoms with E-state index in [0.29, 0.717) is 36.5 Å². The van der Waals surface area contributed by atoms with Gasteiger partial charge in [-0.1, -0.05) is 18.5 Å². The van der Waals surface area contributed by atoms with E-state index in [9.17, 15) is 13.2 Å². The van der Waals surface area contributed by atoms with Crippen LogP contribution in [0, 0.1) is 0 Å². The summed E-state index contributed by atoms with van der Waals surface area (Å²) >= 11 is 5.79. The van der Waals surface area contributed by atoms with Gasteiger partial charge in [-0.15, -0.1) is 0 Å². The van der Waals surface area contributed by atoms with E-state index in [4.69, 9.17) is 11.6 Å². The molecule has 0 aromatic heterocycles. The van der Waals surface area contributed by atoms with Crippen LogP contribution < -0.4 is 5.32 Å². The molecule has 1 heterocycles. The molecule has 0 saturated carbocycles. The molecule has 1 aliphatic rings. The van der Waals surface area contributed by atoms with E-state index < -0.39 is 16.1 Å². The summed E-state index contributed by atoms with van der Waals surface area (Å²) < 4.78 is 25.7. The van der Waals surface area contributed by atoms with Crippen LogP contribution in [0.3, 0.4) is 0 Å². The zero-order chi connectivity index (χ0) is 15.5. The van der Waals surface area contributed by atoms with E-state index in [2.05, 4.69) is 5.32 Å². The Bertz CT molecular complexity index is 601. The van der Waals surface area contributed by atoms with Gasteiger partial charge in [-0.3, -0.25) is 4.79 Å². The first-order chi connectivity index (χ1) is 9.94. The predicted molar refractivity (Wildman–Crippen MR) is 83.9 cm³/mol. The molecule has 0 aliphatic carbocycles. The second-order valence-corrected chi connectivity index (χ2v) is 7.56. The molecule has 1 fully saturated rings. The molecular formula is C14H19ClN2O3S. The van der Waals surface area contributed by atoms with Gasteiger partial charge in [-0.2, -0.15) is 4.31 Å². The third-order valence-corrected chi connectivity index (χ3v) is 5.77. The van der Waals surface area contributed by atoms with E-state index in [1.807, 2.05) is 6.92 Å². The molecule has 7 heteroatoms. The second kappa shape index (κ2) is 6.77. The van der Waals surface area contributed by atoms with Gasteiger partial charge in [0.1, 0.15) is 6.04 Å². The van der Waals surface area contributed by atoms with Gasteiger partial charge in [0.05, 0.1) is 5.75 Å². The van der Waals surface area contributed by atoms with E-state index in [1.165, 1.54) is 4.31 Å². The van der Waals surface area contributed by atoms with Crippen molar-refractivity contribution in [2.75, 3.05) is 17.6 Å². The van der Waals surface area contributed by atoms with Gasteiger partial charge in [-0.05, 0) is 43.5 Å². The highest BCUT2D eigenvalue weighted by molar-refractivity contribution is 7.89. The minimum atomic E-state index is -3.35. The summed E-state index contributed by atoms with van der Waals surface area (Å²) in [4.78, 5) is 12.3. The number of nitrogens with zero attached hydrogens (tertiary/aromatic N) is 1. The molecular weight excluding hydrogens is 312 g/mol. The van der Waals surface area contributed by atoms with Crippen molar-refractivity contribution in [1.82, 2.24) is 4.31 Å². The number of benzene rings is 1. The Balaban J connectivity index is 2.09. The Morgan fingerprint density at radius 2 is 2.05 bits per heavy atom. The van der Waals surface area contributed by atoms with Crippen LogP contribution in [0.15, 0.2) is 24.3 Å². The van der Waals surface area contributed by atoms with E-state index in [-0.39, 0.29) is 11.7 Å². The van der Waals surface area contributed by atoms with Gasteiger partial charge in [0.2, 0.25) is 15.9 Å². The quantitative estimate of drug-likeness (QED) is 0.902. The number of hydrogen-bond acceptors (Lipinski definition) is 3. The summed E-state index contributed by atoms with van der Waals surface area (Å²) in [6.07, 6.45) is 1.81. The molecule has 1 saturated heterocycles. The topological polar surface area (TPSA) is 66.5 Å². The lowest BCUT2D eigenvalue weighted by Crippen LogP contribution is -2.44. The molecule has 1 aromatic carbocycles. The van der Waals surface area contributed by atoms with Crippen LogP contribution in [0.25, 0.3) is 0 Å². The van der Waals surface area contributed by atoms with Crippen molar-refractivity contribution in [3.63, 3.8) is 0 Å². The average molecular weight is 331 g/mol. The summed E-state index contributed by atoms with van der Waals surface area (Å²) in [5, 5.41) is 3.34. The zero-order valence-corrected chi connectivity index (χ0v) is 13.5. The highest BCUT2D eigenvalue weighted by atomic mass is 35.5. The summed E-state index contributed by atoms with van der Waals surface area (Å²) in [5.74, 6) is -0.202. The average Bonchev–Trinajstić information content (AvgIpc) is 2.91. The van der Waals surface area contributed by atoms with Crippen molar-refractivity contribution in [3.05, 3.63) is 29.3 Å². The smallest absolute Gasteiger partial charge is 0.242 e. The lowest BCUT2D eigenvalue weighted by Gasteiger charge is -2.23. The number of carbonyl (C=O) groups is 1. The van der Waals surface area contributed by atoms with Crippen molar-refractivity contribution < 1.29 is 13.2 Å². The first-order valence-electron chi connectivity index (χ1n) is 7.00. The Labute approximate surface area is 130 Å². The number of halogens is 1. The molecule has 21 heavy (non-hydrogen) atoms. The SMILES string of the molecule is CCCS(=O)(=O)N1CCCC1C(=O)Nc1ccc(Cl)cc1. The molecule has 0 spiro atoms. The van der Waals surface area contributed by atoms with Crippen molar-refractivity contribution in [3.8, 4) is 0 Å². The van der Waals surface area contributed by atoms with Gasteiger partial charge in [0.25, 0.3) is 0 Å². The van der Waals surface area contributed by atoms with Crippen LogP contribution >= 0.6 is 11.6 Å². The highest BCUT2D eigenvalue weighted by Gasteiger charge is 2.37. The maximum atomic E-state index is 12.3. The van der Waals surface area contributed by atoms with Gasteiger partial charge >= 0.3 is 0 Å². The Hall–Kier alpha value is -1.11. The normalized spacial score (nSPS) is 19.6. The molecule has 0 bridgehead atoms. The lowest BCUT2D eigenvalue weighted by molar-refractivity contribution is -0.119. The standard InChI is InChI=1S/C14H19ClN2O3S/c1-2-10-21(19,20)17-9-3-4-13(17)14(18)16-12-7-5-11(15)6-8-12/h5-8,13H,2-4,9-10H2,1H3,(H,16,18). The predicted octanol–water partition coefficient (Wildman–Crippen LogP) is 2.48. The van der Waals surface area contributed by atoms with Crippen molar-refractivity contribution in [2.24, 2.45) is 0 Å². The number of nitrogens with one attached hydrogen (secondary N) is 1. The van der Waals surface area contributed by atoms with Crippen LogP contribution in [0.1, 0.15) is 26.2 Å².